The first-order chi connectivity index (χ1) is 16.7. The number of sulfonamides is 1. The number of carbonyl (C=O) groups excluding carboxylic acids is 1. The van der Waals surface area contributed by atoms with Crippen molar-refractivity contribution in [2.75, 3.05) is 18.4 Å². The van der Waals surface area contributed by atoms with E-state index in [1.807, 2.05) is 11.5 Å². The first-order valence-electron chi connectivity index (χ1n) is 11.7. The standard InChI is InChI=1S/C24H29N5O5S/c1-3-12-28-21-9-8-19(35(33,34)27-13-4-5-14-27)16-20(21)26-23(28)10-11-24(30)25-18-7-6-17(2)22(15-18)29(31)32/h6-9,15-16H,3-5,10-14H2,1-2H3,(H,25,30). The molecular weight excluding hydrogens is 470 g/mol. The number of imidazole rings is 1. The summed E-state index contributed by atoms with van der Waals surface area (Å²) in [5.41, 5.74) is 2.26. The van der Waals surface area contributed by atoms with Gasteiger partial charge in [0, 0.05) is 49.8 Å². The Balaban J connectivity index is 1.53. The smallest absolute Gasteiger partial charge is 0.274 e. The Kier molecular flexibility index (Phi) is 7.18. The lowest BCUT2D eigenvalue weighted by molar-refractivity contribution is -0.385. The average Bonchev–Trinajstić information content (AvgIpc) is 3.48. The van der Waals surface area contributed by atoms with Gasteiger partial charge >= 0.3 is 0 Å². The molecule has 3 aromatic rings. The normalized spacial score (nSPS) is 14.5. The number of hydrogen-bond donors (Lipinski definition) is 1. The monoisotopic (exact) mass is 499 g/mol. The van der Waals surface area contributed by atoms with Gasteiger partial charge in [0.25, 0.3) is 5.69 Å². The lowest BCUT2D eigenvalue weighted by atomic mass is 10.2. The Morgan fingerprint density at radius 3 is 2.60 bits per heavy atom. The molecule has 0 radical (unpaired) electrons. The fraction of sp³-hybridized carbons (Fsp3) is 0.417. The zero-order chi connectivity index (χ0) is 25.2. The van der Waals surface area contributed by atoms with Crippen LogP contribution in [-0.4, -0.2) is 46.2 Å². The number of amides is 1. The van der Waals surface area contributed by atoms with E-state index < -0.39 is 14.9 Å². The predicted molar refractivity (Wildman–Crippen MR) is 133 cm³/mol. The van der Waals surface area contributed by atoms with Crippen LogP contribution < -0.4 is 5.32 Å². The Morgan fingerprint density at radius 1 is 1.17 bits per heavy atom. The van der Waals surface area contributed by atoms with Crippen LogP contribution >= 0.6 is 0 Å². The second-order valence-corrected chi connectivity index (χ2v) is 10.7. The van der Waals surface area contributed by atoms with Crippen molar-refractivity contribution >= 4 is 38.3 Å². The Hall–Kier alpha value is -3.31. The van der Waals surface area contributed by atoms with Gasteiger partial charge in [0.2, 0.25) is 15.9 Å². The fourth-order valence-corrected chi connectivity index (χ4v) is 5.93. The van der Waals surface area contributed by atoms with Gasteiger partial charge in [0.15, 0.2) is 0 Å². The molecule has 1 aromatic heterocycles. The minimum atomic E-state index is -3.55. The molecule has 0 bridgehead atoms. The number of fused-ring (bicyclic) bond motifs is 1. The molecule has 186 valence electrons. The van der Waals surface area contributed by atoms with E-state index in [1.54, 1.807) is 37.3 Å². The van der Waals surface area contributed by atoms with Gasteiger partial charge in [-0.1, -0.05) is 13.0 Å². The predicted octanol–water partition coefficient (Wildman–Crippen LogP) is 4.02. The topological polar surface area (TPSA) is 127 Å². The molecule has 10 nitrogen and oxygen atoms in total. The van der Waals surface area contributed by atoms with E-state index in [9.17, 15) is 23.3 Å². The number of benzene rings is 2. The zero-order valence-corrected chi connectivity index (χ0v) is 20.7. The van der Waals surface area contributed by atoms with Crippen molar-refractivity contribution in [3.05, 3.63) is 57.9 Å². The SMILES string of the molecule is CCCn1c(CCC(=O)Nc2ccc(C)c([N+](=O)[O-])c2)nc2cc(S(=O)(=O)N3CCCC3)ccc21. The maximum absolute atomic E-state index is 13.0. The fourth-order valence-electron chi connectivity index (χ4n) is 4.39. The van der Waals surface area contributed by atoms with E-state index in [0.29, 0.717) is 48.6 Å². The molecule has 2 aromatic carbocycles. The Labute approximate surface area is 204 Å². The van der Waals surface area contributed by atoms with E-state index in [1.165, 1.54) is 10.4 Å². The lowest BCUT2D eigenvalue weighted by Gasteiger charge is -2.15. The summed E-state index contributed by atoms with van der Waals surface area (Å²) in [5.74, 6) is 0.415. The van der Waals surface area contributed by atoms with Gasteiger partial charge in [0.05, 0.1) is 20.9 Å². The summed E-state index contributed by atoms with van der Waals surface area (Å²) in [5, 5.41) is 13.9. The molecule has 1 aliphatic heterocycles. The summed E-state index contributed by atoms with van der Waals surface area (Å²) in [7, 11) is -3.55. The van der Waals surface area contributed by atoms with Crippen molar-refractivity contribution in [3.8, 4) is 0 Å². The average molecular weight is 500 g/mol. The molecule has 1 aliphatic rings. The molecular formula is C24H29N5O5S. The summed E-state index contributed by atoms with van der Waals surface area (Å²) < 4.78 is 29.5. The second kappa shape index (κ2) is 10.1. The number of nitro benzene ring substituents is 1. The third-order valence-corrected chi connectivity index (χ3v) is 8.11. The second-order valence-electron chi connectivity index (χ2n) is 8.75. The zero-order valence-electron chi connectivity index (χ0n) is 19.9. The largest absolute Gasteiger partial charge is 0.328 e. The third-order valence-electron chi connectivity index (χ3n) is 6.21. The van der Waals surface area contributed by atoms with E-state index in [2.05, 4.69) is 10.3 Å². The van der Waals surface area contributed by atoms with Gasteiger partial charge in [0.1, 0.15) is 5.82 Å². The van der Waals surface area contributed by atoms with Gasteiger partial charge in [-0.15, -0.1) is 0 Å². The number of rotatable bonds is 9. The molecule has 1 N–H and O–H groups in total. The van der Waals surface area contributed by atoms with Gasteiger partial charge in [-0.2, -0.15) is 4.31 Å². The molecule has 11 heteroatoms. The highest BCUT2D eigenvalue weighted by Gasteiger charge is 2.28. The maximum Gasteiger partial charge on any atom is 0.274 e. The van der Waals surface area contributed by atoms with Crippen molar-refractivity contribution in [1.29, 1.82) is 0 Å². The Bertz CT molecular complexity index is 1380. The summed E-state index contributed by atoms with van der Waals surface area (Å²) in [4.78, 5) is 28.2. The van der Waals surface area contributed by atoms with Crippen LogP contribution in [0.15, 0.2) is 41.3 Å². The van der Waals surface area contributed by atoms with Crippen molar-refractivity contribution in [1.82, 2.24) is 13.9 Å². The summed E-state index contributed by atoms with van der Waals surface area (Å²) in [6.07, 6.45) is 3.07. The van der Waals surface area contributed by atoms with Crippen LogP contribution in [0.3, 0.4) is 0 Å². The highest BCUT2D eigenvalue weighted by molar-refractivity contribution is 7.89. The lowest BCUT2D eigenvalue weighted by Crippen LogP contribution is -2.27. The van der Waals surface area contributed by atoms with Crippen LogP contribution in [0.25, 0.3) is 11.0 Å². The third kappa shape index (κ3) is 5.20. The van der Waals surface area contributed by atoms with Gasteiger partial charge in [-0.25, -0.2) is 13.4 Å². The van der Waals surface area contributed by atoms with Crippen LogP contribution in [0, 0.1) is 17.0 Å². The van der Waals surface area contributed by atoms with Gasteiger partial charge in [-0.05, 0) is 50.5 Å². The van der Waals surface area contributed by atoms with Crippen molar-refractivity contribution in [3.63, 3.8) is 0 Å². The number of nitrogens with zero attached hydrogens (tertiary/aromatic N) is 4. The van der Waals surface area contributed by atoms with E-state index in [0.717, 1.165) is 24.8 Å². The molecule has 4 rings (SSSR count). The molecule has 35 heavy (non-hydrogen) atoms. The van der Waals surface area contributed by atoms with E-state index in [-0.39, 0.29) is 22.9 Å². The number of nitrogens with one attached hydrogen (secondary N) is 1. The number of aromatic nitrogens is 2. The van der Waals surface area contributed by atoms with Gasteiger partial charge in [-0.3, -0.25) is 14.9 Å². The van der Waals surface area contributed by atoms with Gasteiger partial charge < -0.3 is 9.88 Å². The molecule has 1 amide bonds. The molecule has 1 saturated heterocycles. The summed E-state index contributed by atoms with van der Waals surface area (Å²) in [6, 6.07) is 9.61. The number of hydrogen-bond acceptors (Lipinski definition) is 6. The van der Waals surface area contributed by atoms with E-state index in [4.69, 9.17) is 0 Å². The van der Waals surface area contributed by atoms with E-state index >= 15 is 0 Å². The number of nitro groups is 1. The minimum Gasteiger partial charge on any atom is -0.328 e. The van der Waals surface area contributed by atoms with Crippen molar-refractivity contribution in [2.45, 2.75) is 57.4 Å². The molecule has 0 unspecified atom stereocenters. The van der Waals surface area contributed by atoms with Crippen LogP contribution in [-0.2, 0) is 27.8 Å². The van der Waals surface area contributed by atoms with Crippen molar-refractivity contribution < 1.29 is 18.1 Å². The highest BCUT2D eigenvalue weighted by atomic mass is 32.2. The maximum atomic E-state index is 13.0. The number of carbonyl (C=O) groups is 1. The summed E-state index contributed by atoms with van der Waals surface area (Å²) >= 11 is 0. The number of aryl methyl sites for hydroxylation is 3. The first kappa shape index (κ1) is 24.8. The molecule has 0 saturated carbocycles. The van der Waals surface area contributed by atoms with Crippen LogP contribution in [0.1, 0.15) is 44.0 Å². The quantitative estimate of drug-likeness (QED) is 0.350. The molecule has 0 spiro atoms. The molecule has 0 atom stereocenters. The van der Waals surface area contributed by atoms with Crippen LogP contribution in [0.5, 0.6) is 0 Å². The number of anilines is 1. The van der Waals surface area contributed by atoms with Crippen LogP contribution in [0.4, 0.5) is 11.4 Å². The molecule has 0 aliphatic carbocycles. The molecule has 1 fully saturated rings. The van der Waals surface area contributed by atoms with Crippen LogP contribution in [0.2, 0.25) is 0 Å². The highest BCUT2D eigenvalue weighted by Crippen LogP contribution is 2.26. The first-order valence-corrected chi connectivity index (χ1v) is 13.2. The Morgan fingerprint density at radius 2 is 1.91 bits per heavy atom. The minimum absolute atomic E-state index is 0.0489. The molecule has 2 heterocycles. The summed E-state index contributed by atoms with van der Waals surface area (Å²) in [6.45, 7) is 5.45. The van der Waals surface area contributed by atoms with Crippen molar-refractivity contribution in [2.24, 2.45) is 0 Å².